The molecule has 7 nitrogen and oxygen atoms in total. The fraction of sp³-hybridized carbons (Fsp3) is 0.333. The molecule has 0 aliphatic carbocycles. The first kappa shape index (κ1) is 19.1. The SMILES string of the molecule is CC(=O)Oc1ccccc1/C=C\CC(=O)NCCCP(=O)(O)O. The minimum Gasteiger partial charge on any atom is -0.426 e. The van der Waals surface area contributed by atoms with Gasteiger partial charge >= 0.3 is 13.6 Å². The van der Waals surface area contributed by atoms with Gasteiger partial charge in [0, 0.05) is 25.5 Å². The molecule has 8 heteroatoms. The summed E-state index contributed by atoms with van der Waals surface area (Å²) >= 11 is 0. The number of ether oxygens (including phenoxy) is 1. The van der Waals surface area contributed by atoms with Gasteiger partial charge in [0.2, 0.25) is 5.91 Å². The highest BCUT2D eigenvalue weighted by molar-refractivity contribution is 7.51. The first-order valence-corrected chi connectivity index (χ1v) is 8.83. The van der Waals surface area contributed by atoms with Gasteiger partial charge in [-0.1, -0.05) is 30.4 Å². The highest BCUT2D eigenvalue weighted by Gasteiger charge is 2.11. The van der Waals surface area contributed by atoms with E-state index in [0.717, 1.165) is 0 Å². The van der Waals surface area contributed by atoms with Gasteiger partial charge in [-0.15, -0.1) is 0 Å². The number of rotatable bonds is 8. The van der Waals surface area contributed by atoms with E-state index in [9.17, 15) is 14.2 Å². The first-order chi connectivity index (χ1) is 10.8. The Morgan fingerprint density at radius 2 is 2.00 bits per heavy atom. The van der Waals surface area contributed by atoms with Crippen LogP contribution >= 0.6 is 7.60 Å². The molecule has 1 amide bonds. The molecule has 0 saturated carbocycles. The molecular weight excluding hydrogens is 321 g/mol. The highest BCUT2D eigenvalue weighted by Crippen LogP contribution is 2.34. The Morgan fingerprint density at radius 1 is 1.30 bits per heavy atom. The Labute approximate surface area is 134 Å². The molecule has 0 aliphatic heterocycles. The summed E-state index contributed by atoms with van der Waals surface area (Å²) in [6.45, 7) is 1.52. The Hall–Kier alpha value is -1.95. The lowest BCUT2D eigenvalue weighted by molar-refractivity contribution is -0.131. The normalized spacial score (nSPS) is 11.4. The zero-order chi connectivity index (χ0) is 17.3. The molecule has 0 bridgehead atoms. The van der Waals surface area contributed by atoms with Gasteiger partial charge in [-0.2, -0.15) is 0 Å². The minimum absolute atomic E-state index is 0.115. The molecule has 3 N–H and O–H groups in total. The summed E-state index contributed by atoms with van der Waals surface area (Å²) in [6, 6.07) is 6.94. The van der Waals surface area contributed by atoms with Gasteiger partial charge in [-0.3, -0.25) is 14.2 Å². The minimum atomic E-state index is -4.01. The number of amides is 1. The third-order valence-electron chi connectivity index (χ3n) is 2.72. The van der Waals surface area contributed by atoms with Crippen LogP contribution in [0.1, 0.15) is 25.3 Å². The van der Waals surface area contributed by atoms with Gasteiger partial charge < -0.3 is 19.8 Å². The van der Waals surface area contributed by atoms with Crippen LogP contribution in [-0.4, -0.2) is 34.4 Å². The summed E-state index contributed by atoms with van der Waals surface area (Å²) in [4.78, 5) is 40.0. The molecule has 0 heterocycles. The van der Waals surface area contributed by atoms with Gasteiger partial charge in [0.25, 0.3) is 0 Å². The van der Waals surface area contributed by atoms with Crippen molar-refractivity contribution < 1.29 is 28.7 Å². The topological polar surface area (TPSA) is 113 Å². The number of nitrogens with one attached hydrogen (secondary N) is 1. The lowest BCUT2D eigenvalue weighted by atomic mass is 10.1. The summed E-state index contributed by atoms with van der Waals surface area (Å²) in [5.41, 5.74) is 0.678. The van der Waals surface area contributed by atoms with Crippen LogP contribution in [-0.2, 0) is 14.2 Å². The number of carbonyl (C=O) groups excluding carboxylic acids is 2. The van der Waals surface area contributed by atoms with Crippen LogP contribution < -0.4 is 10.1 Å². The standard InChI is InChI=1S/C15H20NO6P/c1-12(17)22-14-8-3-2-6-13(14)7-4-9-15(18)16-10-5-11-23(19,20)21/h2-4,6-8H,5,9-11H2,1H3,(H,16,18)(H2,19,20,21)/b7-4-. The van der Waals surface area contributed by atoms with Gasteiger partial charge in [0.15, 0.2) is 0 Å². The molecule has 0 spiro atoms. The van der Waals surface area contributed by atoms with Gasteiger partial charge in [0.1, 0.15) is 5.75 Å². The summed E-state index contributed by atoms with van der Waals surface area (Å²) in [7, 11) is -4.01. The Morgan fingerprint density at radius 3 is 2.65 bits per heavy atom. The molecule has 0 atom stereocenters. The van der Waals surface area contributed by atoms with E-state index < -0.39 is 13.6 Å². The third-order valence-corrected chi connectivity index (χ3v) is 3.62. The van der Waals surface area contributed by atoms with Crippen LogP contribution in [0.2, 0.25) is 0 Å². The molecule has 0 radical (unpaired) electrons. The zero-order valence-corrected chi connectivity index (χ0v) is 13.7. The van der Waals surface area contributed by atoms with E-state index in [2.05, 4.69) is 5.32 Å². The Bertz CT molecular complexity index is 622. The van der Waals surface area contributed by atoms with Gasteiger partial charge in [0.05, 0.1) is 6.16 Å². The van der Waals surface area contributed by atoms with Crippen molar-refractivity contribution in [3.05, 3.63) is 35.9 Å². The number of hydrogen-bond acceptors (Lipinski definition) is 4. The fourth-order valence-electron chi connectivity index (χ4n) is 1.74. The van der Waals surface area contributed by atoms with E-state index >= 15 is 0 Å². The van der Waals surface area contributed by atoms with Crippen LogP contribution in [0, 0.1) is 0 Å². The number of para-hydroxylation sites is 1. The highest BCUT2D eigenvalue weighted by atomic mass is 31.2. The van der Waals surface area contributed by atoms with E-state index in [1.165, 1.54) is 6.92 Å². The van der Waals surface area contributed by atoms with Crippen molar-refractivity contribution in [3.8, 4) is 5.75 Å². The van der Waals surface area contributed by atoms with Crippen molar-refractivity contribution in [3.63, 3.8) is 0 Å². The molecule has 0 unspecified atom stereocenters. The molecule has 0 aromatic heterocycles. The van der Waals surface area contributed by atoms with E-state index in [0.29, 0.717) is 11.3 Å². The van der Waals surface area contributed by atoms with E-state index in [1.807, 2.05) is 0 Å². The van der Waals surface area contributed by atoms with Gasteiger partial charge in [-0.05, 0) is 12.5 Å². The number of hydrogen-bond donors (Lipinski definition) is 3. The molecule has 126 valence electrons. The molecular formula is C15H20NO6P. The summed E-state index contributed by atoms with van der Waals surface area (Å²) < 4.78 is 15.7. The fourth-order valence-corrected chi connectivity index (χ4v) is 2.31. The lowest BCUT2D eigenvalue weighted by Crippen LogP contribution is -2.24. The molecule has 1 aromatic rings. The number of benzene rings is 1. The molecule has 0 saturated heterocycles. The Balaban J connectivity index is 2.42. The molecule has 0 fully saturated rings. The molecule has 1 rings (SSSR count). The molecule has 23 heavy (non-hydrogen) atoms. The predicted octanol–water partition coefficient (Wildman–Crippen LogP) is 1.70. The van der Waals surface area contributed by atoms with Crippen LogP contribution in [0.15, 0.2) is 30.3 Å². The monoisotopic (exact) mass is 341 g/mol. The quantitative estimate of drug-likeness (QED) is 0.287. The summed E-state index contributed by atoms with van der Waals surface area (Å²) in [5.74, 6) is -0.260. The maximum absolute atomic E-state index is 11.6. The summed E-state index contributed by atoms with van der Waals surface area (Å²) in [6.07, 6.45) is 3.38. The van der Waals surface area contributed by atoms with Crippen LogP contribution in [0.25, 0.3) is 6.08 Å². The van der Waals surface area contributed by atoms with E-state index in [1.54, 1.807) is 36.4 Å². The van der Waals surface area contributed by atoms with Crippen molar-refractivity contribution in [1.29, 1.82) is 0 Å². The zero-order valence-electron chi connectivity index (χ0n) is 12.8. The maximum atomic E-state index is 11.6. The largest absolute Gasteiger partial charge is 0.426 e. The third kappa shape index (κ3) is 8.93. The van der Waals surface area contributed by atoms with Crippen LogP contribution in [0.3, 0.4) is 0 Å². The van der Waals surface area contributed by atoms with Crippen molar-refractivity contribution in [2.75, 3.05) is 12.7 Å². The Kier molecular flexibility index (Phi) is 7.68. The number of esters is 1. The van der Waals surface area contributed by atoms with Crippen molar-refractivity contribution >= 4 is 25.5 Å². The second-order valence-corrected chi connectivity index (χ2v) is 6.61. The van der Waals surface area contributed by atoms with Crippen molar-refractivity contribution in [2.24, 2.45) is 0 Å². The van der Waals surface area contributed by atoms with E-state index in [4.69, 9.17) is 14.5 Å². The second kappa shape index (κ2) is 9.25. The van der Waals surface area contributed by atoms with Gasteiger partial charge in [-0.25, -0.2) is 0 Å². The van der Waals surface area contributed by atoms with Crippen molar-refractivity contribution in [2.45, 2.75) is 19.8 Å². The van der Waals surface area contributed by atoms with Crippen molar-refractivity contribution in [1.82, 2.24) is 5.32 Å². The summed E-state index contributed by atoms with van der Waals surface area (Å²) in [5, 5.41) is 2.57. The molecule has 0 aliphatic rings. The van der Waals surface area contributed by atoms with E-state index in [-0.39, 0.29) is 31.5 Å². The lowest BCUT2D eigenvalue weighted by Gasteiger charge is -2.06. The maximum Gasteiger partial charge on any atom is 0.325 e. The predicted molar refractivity (Wildman–Crippen MR) is 85.9 cm³/mol. The smallest absolute Gasteiger partial charge is 0.325 e. The molecule has 1 aromatic carbocycles. The average Bonchev–Trinajstić information content (AvgIpc) is 2.44. The second-order valence-electron chi connectivity index (χ2n) is 4.83. The van der Waals surface area contributed by atoms with Crippen LogP contribution in [0.5, 0.6) is 5.75 Å². The first-order valence-electron chi connectivity index (χ1n) is 7.03. The van der Waals surface area contributed by atoms with Crippen LogP contribution in [0.4, 0.5) is 0 Å². The average molecular weight is 341 g/mol. The number of carbonyl (C=O) groups is 2.